The molecule has 4 N–H and O–H groups in total. The average Bonchev–Trinajstić information content (AvgIpc) is 3.79. The van der Waals surface area contributed by atoms with E-state index in [-0.39, 0.29) is 49.7 Å². The molecule has 0 saturated carbocycles. The quantitative estimate of drug-likeness (QED) is 0.0598. The van der Waals surface area contributed by atoms with Crippen LogP contribution < -0.4 is 30.7 Å². The van der Waals surface area contributed by atoms with Crippen LogP contribution in [0.2, 0.25) is 0 Å². The average molecular weight is 829 g/mol. The minimum absolute atomic E-state index is 0.189. The van der Waals surface area contributed by atoms with Gasteiger partial charge in [0, 0.05) is 39.6 Å². The van der Waals surface area contributed by atoms with Gasteiger partial charge in [-0.15, -0.1) is 0 Å². The van der Waals surface area contributed by atoms with Crippen LogP contribution in [0.4, 0.5) is 41.1 Å². The lowest BCUT2D eigenvalue weighted by atomic mass is 10.2. The number of carbonyl (C=O) groups excluding carboxylic acids is 5. The predicted molar refractivity (Wildman–Crippen MR) is 203 cm³/mol. The number of carbonyl (C=O) groups is 5. The normalized spacial score (nSPS) is 18.6. The van der Waals surface area contributed by atoms with Gasteiger partial charge in [-0.2, -0.15) is 0 Å². The number of nitrogens with two attached hydrogens (primary N) is 1. The second-order valence-electron chi connectivity index (χ2n) is 12.3. The van der Waals surface area contributed by atoms with Crippen LogP contribution in [0.5, 0.6) is 0 Å². The molecule has 0 spiro atoms. The van der Waals surface area contributed by atoms with Crippen molar-refractivity contribution < 1.29 is 66.6 Å². The molecule has 314 valence electrons. The third-order valence-corrected chi connectivity index (χ3v) is 8.50. The van der Waals surface area contributed by atoms with Crippen LogP contribution in [0, 0.1) is 11.6 Å². The fourth-order valence-corrected chi connectivity index (χ4v) is 5.69. The Kier molecular flexibility index (Phi) is 19.2. The highest BCUT2D eigenvalue weighted by Crippen LogP contribution is 2.30. The van der Waals surface area contributed by atoms with Crippen molar-refractivity contribution in [1.82, 2.24) is 5.32 Å². The molecule has 0 unspecified atom stereocenters. The number of ether oxygens (including phenoxy) is 5. The second-order valence-corrected chi connectivity index (χ2v) is 12.7. The maximum absolute atomic E-state index is 14.4. The Balaban J connectivity index is 0.000000240. The Bertz CT molecular complexity index is 1680. The minimum atomic E-state index is -0.697. The number of anilines is 4. The third-order valence-electron chi connectivity index (χ3n) is 8.36. The van der Waals surface area contributed by atoms with Crippen molar-refractivity contribution in [3.63, 3.8) is 0 Å². The summed E-state index contributed by atoms with van der Waals surface area (Å²) in [4.78, 5) is 64.6. The summed E-state index contributed by atoms with van der Waals surface area (Å²) in [6.45, 7) is 10.5. The Morgan fingerprint density at radius 1 is 0.895 bits per heavy atom. The number of hydrogen-bond acceptors (Lipinski definition) is 15. The lowest BCUT2D eigenvalue weighted by Crippen LogP contribution is -2.36. The predicted octanol–water partition coefficient (Wildman–Crippen LogP) is 3.00. The lowest BCUT2D eigenvalue weighted by Gasteiger charge is -2.29. The standard InChI is InChI=1S/C16H20FN3O4.C14H18FN3O3.C4H5ClO3.C2H4O2/c1-11(21)18-9-13-10-20(16(22)24-13)12-2-3-15(14(17)8-12)19-4-6-23-7-5-19;15-12-7-10(18-9-11(8-16)21-14(18)19)1-2-13(12)17-3-5-20-6-4-17;1-8-4(7)2-3(5)6;1-2-4-3/h2-3,8,13H,4-7,9-10H2,1H3,(H,18,21);1-2,7,11H,3-6,8-9,16H2;2H2,1H3;2-3H,1H2/t13-;11-;;/m00../s1. The van der Waals surface area contributed by atoms with Crippen LogP contribution in [0.1, 0.15) is 13.3 Å². The molecule has 3 amide bonds. The number of esters is 1. The molecule has 2 aromatic carbocycles. The summed E-state index contributed by atoms with van der Waals surface area (Å²) < 4.78 is 53.7. The van der Waals surface area contributed by atoms with E-state index in [1.807, 2.05) is 9.80 Å². The minimum Gasteiger partial charge on any atom is -0.469 e. The summed E-state index contributed by atoms with van der Waals surface area (Å²) in [6.07, 6.45) is -1.21. The monoisotopic (exact) mass is 828 g/mol. The zero-order valence-corrected chi connectivity index (χ0v) is 32.3. The van der Waals surface area contributed by atoms with Gasteiger partial charge >= 0.3 is 18.2 Å². The van der Waals surface area contributed by atoms with E-state index in [0.717, 1.165) is 6.26 Å². The molecular weight excluding hydrogens is 782 g/mol. The number of cyclic esters (lactones) is 2. The zero-order valence-electron chi connectivity index (χ0n) is 31.5. The van der Waals surface area contributed by atoms with E-state index in [1.165, 1.54) is 36.0 Å². The van der Waals surface area contributed by atoms with Crippen molar-refractivity contribution in [3.8, 4) is 0 Å². The van der Waals surface area contributed by atoms with Gasteiger partial charge in [-0.1, -0.05) is 6.58 Å². The molecule has 57 heavy (non-hydrogen) atoms. The lowest BCUT2D eigenvalue weighted by molar-refractivity contribution is -0.186. The third kappa shape index (κ3) is 14.6. The highest BCUT2D eigenvalue weighted by atomic mass is 35.5. The summed E-state index contributed by atoms with van der Waals surface area (Å²) in [7, 11) is 1.20. The molecular formula is C36H47ClF2N6O12. The first-order valence-electron chi connectivity index (χ1n) is 17.6. The van der Waals surface area contributed by atoms with Crippen molar-refractivity contribution >= 4 is 63.7 Å². The van der Waals surface area contributed by atoms with Crippen molar-refractivity contribution in [1.29, 1.82) is 0 Å². The topological polar surface area (TPSA) is 212 Å². The fraction of sp³-hybridized carbons (Fsp3) is 0.472. The van der Waals surface area contributed by atoms with E-state index in [9.17, 15) is 32.8 Å². The smallest absolute Gasteiger partial charge is 0.414 e. The van der Waals surface area contributed by atoms with E-state index >= 15 is 0 Å². The van der Waals surface area contributed by atoms with Crippen LogP contribution >= 0.6 is 11.6 Å². The molecule has 18 nitrogen and oxygen atoms in total. The van der Waals surface area contributed by atoms with Gasteiger partial charge < -0.3 is 49.4 Å². The van der Waals surface area contributed by atoms with E-state index in [4.69, 9.17) is 41.5 Å². The van der Waals surface area contributed by atoms with Crippen molar-refractivity contribution in [2.75, 3.05) is 105 Å². The van der Waals surface area contributed by atoms with Crippen molar-refractivity contribution in [2.24, 2.45) is 5.73 Å². The van der Waals surface area contributed by atoms with Crippen molar-refractivity contribution in [3.05, 3.63) is 60.9 Å². The summed E-state index contributed by atoms with van der Waals surface area (Å²) >= 11 is 4.81. The summed E-state index contributed by atoms with van der Waals surface area (Å²) in [5.41, 5.74) is 7.46. The number of halogens is 3. The van der Waals surface area contributed by atoms with Gasteiger partial charge in [0.25, 0.3) is 0 Å². The van der Waals surface area contributed by atoms with E-state index in [2.05, 4.69) is 21.5 Å². The molecule has 4 fully saturated rings. The first-order chi connectivity index (χ1) is 27.3. The zero-order chi connectivity index (χ0) is 41.9. The van der Waals surface area contributed by atoms with Gasteiger partial charge in [-0.05, 0) is 48.0 Å². The van der Waals surface area contributed by atoms with Gasteiger partial charge in [-0.3, -0.25) is 24.2 Å². The number of amides is 3. The fourth-order valence-electron chi connectivity index (χ4n) is 5.59. The molecule has 0 aliphatic carbocycles. The van der Waals surface area contributed by atoms with Crippen LogP contribution in [-0.4, -0.2) is 133 Å². The number of nitrogens with zero attached hydrogens (tertiary/aromatic N) is 4. The summed E-state index contributed by atoms with van der Waals surface area (Å²) in [6, 6.07) is 9.51. The van der Waals surface area contributed by atoms with E-state index in [0.29, 0.717) is 81.9 Å². The Morgan fingerprint density at radius 2 is 1.33 bits per heavy atom. The molecule has 0 radical (unpaired) electrons. The van der Waals surface area contributed by atoms with Gasteiger partial charge in [0.2, 0.25) is 11.1 Å². The van der Waals surface area contributed by atoms with E-state index < -0.39 is 29.5 Å². The Morgan fingerprint density at radius 3 is 1.67 bits per heavy atom. The maximum atomic E-state index is 14.4. The maximum Gasteiger partial charge on any atom is 0.414 e. The first kappa shape index (κ1) is 46.1. The molecule has 4 heterocycles. The Labute approximate surface area is 332 Å². The molecule has 4 aliphatic heterocycles. The van der Waals surface area contributed by atoms with E-state index in [1.54, 1.807) is 24.3 Å². The SMILES string of the molecule is C=COO.CC(=O)NC[C@H]1CN(c2ccc(N3CCOCC3)c(F)c2)C(=O)O1.COC(=O)CC(=O)Cl.NC[C@H]1CN(c2ccc(N3CCOCC3)c(F)c2)C(=O)O1. The number of methoxy groups -OCH3 is 1. The molecule has 2 aromatic rings. The molecule has 6 rings (SSSR count). The van der Waals surface area contributed by atoms with Gasteiger partial charge in [-0.25, -0.2) is 23.6 Å². The molecule has 0 bridgehead atoms. The number of hydrogen-bond donors (Lipinski definition) is 3. The number of benzene rings is 2. The van der Waals surface area contributed by atoms with Crippen LogP contribution in [0.15, 0.2) is 49.2 Å². The molecule has 4 saturated heterocycles. The van der Waals surface area contributed by atoms with Gasteiger partial charge in [0.15, 0.2) is 0 Å². The summed E-state index contributed by atoms with van der Waals surface area (Å²) in [5.74, 6) is -1.53. The first-order valence-corrected chi connectivity index (χ1v) is 18.0. The number of morpholine rings is 2. The molecule has 2 atom stereocenters. The Hall–Kier alpha value is -5.28. The molecule has 0 aromatic heterocycles. The largest absolute Gasteiger partial charge is 0.469 e. The summed E-state index contributed by atoms with van der Waals surface area (Å²) in [5, 5.41) is 9.17. The molecule has 4 aliphatic rings. The highest BCUT2D eigenvalue weighted by Gasteiger charge is 2.34. The van der Waals surface area contributed by atoms with Crippen molar-refractivity contribution in [2.45, 2.75) is 25.6 Å². The highest BCUT2D eigenvalue weighted by molar-refractivity contribution is 6.64. The van der Waals surface area contributed by atoms with Gasteiger partial charge in [0.1, 0.15) is 36.5 Å². The van der Waals surface area contributed by atoms with Crippen LogP contribution in [-0.2, 0) is 43.0 Å². The second kappa shape index (κ2) is 23.7. The van der Waals surface area contributed by atoms with Crippen LogP contribution in [0.25, 0.3) is 0 Å². The van der Waals surface area contributed by atoms with Gasteiger partial charge in [0.05, 0.1) is 75.9 Å². The number of nitrogens with one attached hydrogen (secondary N) is 1. The van der Waals surface area contributed by atoms with Crippen LogP contribution in [0.3, 0.4) is 0 Å². The number of rotatable bonds is 10. The molecule has 21 heteroatoms.